The third kappa shape index (κ3) is 2.30. The van der Waals surface area contributed by atoms with E-state index in [0.29, 0.717) is 12.7 Å². The fraction of sp³-hybridized carbons (Fsp3) is 1.00. The Morgan fingerprint density at radius 1 is 1.56 bits per heavy atom. The Morgan fingerprint density at radius 2 is 2.33 bits per heavy atom. The second kappa shape index (κ2) is 3.82. The topological polar surface area (TPSA) is 27.7 Å². The molecule has 1 aliphatic rings. The van der Waals surface area contributed by atoms with Crippen LogP contribution in [0.15, 0.2) is 0 Å². The van der Waals surface area contributed by atoms with Crippen molar-refractivity contribution in [3.05, 3.63) is 0 Å². The van der Waals surface area contributed by atoms with Crippen LogP contribution in [0.5, 0.6) is 0 Å². The molecule has 0 amide bonds. The van der Waals surface area contributed by atoms with Gasteiger partial charge in [0.2, 0.25) is 0 Å². The maximum atomic E-state index is 5.08. The van der Waals surface area contributed by atoms with Crippen molar-refractivity contribution >= 4 is 0 Å². The first-order valence-electron chi connectivity index (χ1n) is 3.08. The van der Waals surface area contributed by atoms with Crippen LogP contribution >= 0.6 is 0 Å². The molecule has 54 valence electrons. The highest BCUT2D eigenvalue weighted by molar-refractivity contribution is 4.63. The van der Waals surface area contributed by atoms with Crippen LogP contribution < -0.4 is 0 Å². The molecule has 1 saturated heterocycles. The van der Waals surface area contributed by atoms with Gasteiger partial charge in [0.05, 0.1) is 19.8 Å². The van der Waals surface area contributed by atoms with E-state index in [9.17, 15) is 0 Å². The smallest absolute Gasteiger partial charge is 0.146 e. The lowest BCUT2D eigenvalue weighted by molar-refractivity contribution is -0.106. The summed E-state index contributed by atoms with van der Waals surface area (Å²) in [5, 5.41) is 0. The molecule has 0 atom stereocenters. The van der Waals surface area contributed by atoms with Crippen LogP contribution in [0.25, 0.3) is 0 Å². The van der Waals surface area contributed by atoms with Crippen molar-refractivity contribution in [1.29, 1.82) is 0 Å². The Kier molecular flexibility index (Phi) is 2.97. The van der Waals surface area contributed by atoms with Gasteiger partial charge in [0, 0.05) is 13.0 Å². The molecule has 1 fully saturated rings. The summed E-state index contributed by atoms with van der Waals surface area (Å²) in [6.45, 7) is 2.87. The maximum Gasteiger partial charge on any atom is 0.146 e. The summed E-state index contributed by atoms with van der Waals surface area (Å²) in [7, 11) is 1.62. The summed E-state index contributed by atoms with van der Waals surface area (Å²) < 4.78 is 14.7. The van der Waals surface area contributed by atoms with Gasteiger partial charge in [-0.15, -0.1) is 0 Å². The zero-order valence-electron chi connectivity index (χ0n) is 5.63. The minimum absolute atomic E-state index is 0.399. The highest BCUT2D eigenvalue weighted by Crippen LogP contribution is 2.09. The summed E-state index contributed by atoms with van der Waals surface area (Å²) in [4.78, 5) is 0. The van der Waals surface area contributed by atoms with Gasteiger partial charge in [-0.3, -0.25) is 0 Å². The van der Waals surface area contributed by atoms with Crippen molar-refractivity contribution < 1.29 is 14.2 Å². The van der Waals surface area contributed by atoms with Gasteiger partial charge < -0.3 is 14.2 Å². The molecule has 0 saturated carbocycles. The Hall–Kier alpha value is -0.120. The van der Waals surface area contributed by atoms with E-state index in [0.717, 1.165) is 19.8 Å². The predicted octanol–water partition coefficient (Wildman–Crippen LogP) is 0.253. The molecule has 1 aliphatic heterocycles. The van der Waals surface area contributed by atoms with Crippen LogP contribution in [0, 0.1) is 5.92 Å². The second-order valence-corrected chi connectivity index (χ2v) is 2.18. The summed E-state index contributed by atoms with van der Waals surface area (Å²) >= 11 is 0. The molecule has 0 spiro atoms. The summed E-state index contributed by atoms with van der Waals surface area (Å²) in [6, 6.07) is 0. The first-order chi connectivity index (χ1) is 4.43. The fourth-order valence-corrected chi connectivity index (χ4v) is 0.679. The van der Waals surface area contributed by atoms with E-state index in [-0.39, 0.29) is 0 Å². The summed E-state index contributed by atoms with van der Waals surface area (Å²) in [5.41, 5.74) is 0. The Labute approximate surface area is 54.9 Å². The number of hydrogen-bond acceptors (Lipinski definition) is 3. The third-order valence-corrected chi connectivity index (χ3v) is 1.26. The standard InChI is InChI=1S/C6H12O3/c1-7-5-9-4-6-2-8-3-6/h6H,2-5H2,1H3. The van der Waals surface area contributed by atoms with Gasteiger partial charge in [-0.1, -0.05) is 0 Å². The first-order valence-corrected chi connectivity index (χ1v) is 3.08. The molecule has 0 N–H and O–H groups in total. The minimum Gasteiger partial charge on any atom is -0.381 e. The zero-order chi connectivity index (χ0) is 6.53. The predicted molar refractivity (Wildman–Crippen MR) is 32.1 cm³/mol. The lowest BCUT2D eigenvalue weighted by Crippen LogP contribution is -2.31. The highest BCUT2D eigenvalue weighted by Gasteiger charge is 2.17. The molecule has 9 heavy (non-hydrogen) atoms. The molecule has 0 aromatic carbocycles. The van der Waals surface area contributed by atoms with Crippen molar-refractivity contribution in [3.63, 3.8) is 0 Å². The van der Waals surface area contributed by atoms with Gasteiger partial charge in [-0.25, -0.2) is 0 Å². The van der Waals surface area contributed by atoms with Crippen LogP contribution in [0.1, 0.15) is 0 Å². The van der Waals surface area contributed by atoms with Gasteiger partial charge in [0.25, 0.3) is 0 Å². The third-order valence-electron chi connectivity index (χ3n) is 1.26. The summed E-state index contributed by atoms with van der Waals surface area (Å²) in [6.07, 6.45) is 0. The first kappa shape index (κ1) is 6.99. The lowest BCUT2D eigenvalue weighted by atomic mass is 10.1. The van der Waals surface area contributed by atoms with Crippen molar-refractivity contribution in [3.8, 4) is 0 Å². The van der Waals surface area contributed by atoms with Crippen molar-refractivity contribution in [2.24, 2.45) is 5.92 Å². The molecule has 0 aliphatic carbocycles. The van der Waals surface area contributed by atoms with Gasteiger partial charge >= 0.3 is 0 Å². The molecule has 0 radical (unpaired) electrons. The molecular formula is C6H12O3. The SMILES string of the molecule is COCOCC1COC1. The molecular weight excluding hydrogens is 120 g/mol. The minimum atomic E-state index is 0.399. The molecule has 0 aromatic heterocycles. The molecule has 0 unspecified atom stereocenters. The van der Waals surface area contributed by atoms with Crippen LogP contribution in [0.3, 0.4) is 0 Å². The molecule has 0 aromatic rings. The number of hydrogen-bond donors (Lipinski definition) is 0. The van der Waals surface area contributed by atoms with E-state index in [1.807, 2.05) is 0 Å². The Morgan fingerprint density at radius 3 is 2.78 bits per heavy atom. The monoisotopic (exact) mass is 132 g/mol. The number of rotatable bonds is 4. The van der Waals surface area contributed by atoms with Gasteiger partial charge in [0.15, 0.2) is 0 Å². The second-order valence-electron chi connectivity index (χ2n) is 2.18. The van der Waals surface area contributed by atoms with Crippen molar-refractivity contribution in [2.45, 2.75) is 0 Å². The number of methoxy groups -OCH3 is 1. The normalized spacial score (nSPS) is 19.7. The quantitative estimate of drug-likeness (QED) is 0.405. The van der Waals surface area contributed by atoms with E-state index >= 15 is 0 Å². The molecule has 1 rings (SSSR count). The largest absolute Gasteiger partial charge is 0.381 e. The van der Waals surface area contributed by atoms with E-state index in [4.69, 9.17) is 14.2 Å². The van der Waals surface area contributed by atoms with E-state index < -0.39 is 0 Å². The average molecular weight is 132 g/mol. The Balaban J connectivity index is 1.80. The van der Waals surface area contributed by atoms with Crippen LogP contribution in [-0.4, -0.2) is 33.7 Å². The van der Waals surface area contributed by atoms with Crippen LogP contribution in [-0.2, 0) is 14.2 Å². The van der Waals surface area contributed by atoms with Crippen LogP contribution in [0.2, 0.25) is 0 Å². The van der Waals surface area contributed by atoms with E-state index in [1.54, 1.807) is 7.11 Å². The van der Waals surface area contributed by atoms with Crippen molar-refractivity contribution in [2.75, 3.05) is 33.7 Å². The Bertz CT molecular complexity index is 70.7. The zero-order valence-corrected chi connectivity index (χ0v) is 5.63. The number of ether oxygens (including phenoxy) is 3. The molecule has 1 heterocycles. The fourth-order valence-electron chi connectivity index (χ4n) is 0.679. The van der Waals surface area contributed by atoms with Crippen molar-refractivity contribution in [1.82, 2.24) is 0 Å². The van der Waals surface area contributed by atoms with Gasteiger partial charge in [0.1, 0.15) is 6.79 Å². The average Bonchev–Trinajstić information content (AvgIpc) is 1.76. The lowest BCUT2D eigenvalue weighted by Gasteiger charge is -2.25. The van der Waals surface area contributed by atoms with E-state index in [2.05, 4.69) is 0 Å². The molecule has 3 nitrogen and oxygen atoms in total. The highest BCUT2D eigenvalue weighted by atomic mass is 16.7. The molecule has 3 heteroatoms. The van der Waals surface area contributed by atoms with E-state index in [1.165, 1.54) is 0 Å². The van der Waals surface area contributed by atoms with Gasteiger partial charge in [-0.2, -0.15) is 0 Å². The maximum absolute atomic E-state index is 5.08. The molecule has 0 bridgehead atoms. The van der Waals surface area contributed by atoms with Gasteiger partial charge in [-0.05, 0) is 0 Å². The summed E-state index contributed by atoms with van der Waals surface area (Å²) in [5.74, 6) is 0.611. The van der Waals surface area contributed by atoms with Crippen LogP contribution in [0.4, 0.5) is 0 Å².